The fraction of sp³-hybridized carbons (Fsp3) is 0.130. The smallest absolute Gasteiger partial charge is 0.348 e. The number of aryl methyl sites for hydroxylation is 1. The lowest BCUT2D eigenvalue weighted by atomic mass is 10.2. The summed E-state index contributed by atoms with van der Waals surface area (Å²) < 4.78 is 6.99. The quantitative estimate of drug-likeness (QED) is 0.432. The number of anilines is 2. The number of benzene rings is 2. The first-order chi connectivity index (χ1) is 15.4. The Balaban J connectivity index is 1.40. The molecule has 2 heterocycles. The number of para-hydroxylation sites is 1. The number of nitrogens with zero attached hydrogens (tertiary/aromatic N) is 2. The molecule has 0 atom stereocenters. The number of carbonyl (C=O) groups is 3. The minimum Gasteiger partial charge on any atom is -0.451 e. The maximum Gasteiger partial charge on any atom is 0.348 e. The van der Waals surface area contributed by atoms with E-state index < -0.39 is 18.5 Å². The van der Waals surface area contributed by atoms with Gasteiger partial charge in [0.15, 0.2) is 6.61 Å². The number of fused-ring (bicyclic) bond motifs is 1. The van der Waals surface area contributed by atoms with Crippen molar-refractivity contribution in [1.29, 1.82) is 0 Å². The van der Waals surface area contributed by atoms with E-state index in [-0.39, 0.29) is 5.91 Å². The first-order valence-electron chi connectivity index (χ1n) is 9.80. The molecule has 0 spiro atoms. The molecule has 0 unspecified atom stereocenters. The van der Waals surface area contributed by atoms with Gasteiger partial charge in [-0.25, -0.2) is 9.48 Å². The second-order valence-electron chi connectivity index (χ2n) is 7.05. The first kappa shape index (κ1) is 21.3. The highest BCUT2D eigenvalue weighted by Gasteiger charge is 2.19. The molecule has 0 aliphatic rings. The normalized spacial score (nSPS) is 10.7. The second-order valence-corrected chi connectivity index (χ2v) is 8.08. The number of rotatable bonds is 6. The minimum absolute atomic E-state index is 0.179. The van der Waals surface area contributed by atoms with Crippen LogP contribution >= 0.6 is 11.3 Å². The van der Waals surface area contributed by atoms with Crippen molar-refractivity contribution in [3.8, 4) is 5.69 Å². The molecule has 0 aliphatic heterocycles. The Morgan fingerprint density at radius 3 is 2.31 bits per heavy atom. The zero-order chi connectivity index (χ0) is 22.7. The highest BCUT2D eigenvalue weighted by Crippen LogP contribution is 2.30. The van der Waals surface area contributed by atoms with Crippen LogP contribution in [-0.2, 0) is 14.3 Å². The predicted molar refractivity (Wildman–Crippen MR) is 123 cm³/mol. The van der Waals surface area contributed by atoms with Gasteiger partial charge in [-0.05, 0) is 49.4 Å². The number of amides is 2. The van der Waals surface area contributed by atoms with Crippen LogP contribution in [0.25, 0.3) is 15.9 Å². The molecule has 32 heavy (non-hydrogen) atoms. The Morgan fingerprint density at radius 1 is 1.00 bits per heavy atom. The maximum atomic E-state index is 12.5. The molecule has 4 aromatic rings. The van der Waals surface area contributed by atoms with Gasteiger partial charge in [-0.2, -0.15) is 5.10 Å². The Morgan fingerprint density at radius 2 is 1.66 bits per heavy atom. The maximum absolute atomic E-state index is 12.5. The molecule has 0 saturated carbocycles. The van der Waals surface area contributed by atoms with E-state index in [2.05, 4.69) is 15.7 Å². The molecule has 9 heteroatoms. The van der Waals surface area contributed by atoms with Gasteiger partial charge in [0.1, 0.15) is 9.71 Å². The van der Waals surface area contributed by atoms with E-state index in [0.29, 0.717) is 16.3 Å². The Hall–Kier alpha value is -3.98. The van der Waals surface area contributed by atoms with Crippen LogP contribution in [0.5, 0.6) is 0 Å². The number of thiophene rings is 1. The van der Waals surface area contributed by atoms with E-state index in [1.54, 1.807) is 35.0 Å². The van der Waals surface area contributed by atoms with Gasteiger partial charge in [-0.15, -0.1) is 11.3 Å². The monoisotopic (exact) mass is 448 g/mol. The molecule has 2 aromatic carbocycles. The number of hydrogen-bond donors (Lipinski definition) is 2. The summed E-state index contributed by atoms with van der Waals surface area (Å²) in [5.41, 5.74) is 2.85. The van der Waals surface area contributed by atoms with E-state index in [0.717, 1.165) is 21.6 Å². The lowest BCUT2D eigenvalue weighted by Gasteiger charge is -2.07. The molecule has 2 aromatic heterocycles. The molecule has 162 valence electrons. The Kier molecular flexibility index (Phi) is 6.00. The SMILES string of the molecule is CC(=O)Nc1ccc(NC(=O)COC(=O)c2cc3c(C)nn(-c4ccccc4)c3s2)cc1. The summed E-state index contributed by atoms with van der Waals surface area (Å²) in [5, 5.41) is 10.7. The molecule has 8 nitrogen and oxygen atoms in total. The molecule has 0 aliphatic carbocycles. The number of carbonyl (C=O) groups excluding carboxylic acids is 3. The highest BCUT2D eigenvalue weighted by atomic mass is 32.1. The average molecular weight is 449 g/mol. The van der Waals surface area contributed by atoms with Crippen LogP contribution < -0.4 is 10.6 Å². The van der Waals surface area contributed by atoms with Crippen LogP contribution in [-0.4, -0.2) is 34.2 Å². The third-order valence-corrected chi connectivity index (χ3v) is 5.66. The van der Waals surface area contributed by atoms with E-state index in [4.69, 9.17) is 4.74 Å². The third-order valence-electron chi connectivity index (χ3n) is 4.57. The molecule has 2 N–H and O–H groups in total. The Bertz CT molecular complexity index is 1290. The van der Waals surface area contributed by atoms with Gasteiger partial charge in [0, 0.05) is 23.7 Å². The third kappa shape index (κ3) is 4.68. The summed E-state index contributed by atoms with van der Waals surface area (Å²) in [6, 6.07) is 18.0. The number of aromatic nitrogens is 2. The van der Waals surface area contributed by atoms with Crippen molar-refractivity contribution >= 4 is 50.7 Å². The molecule has 0 saturated heterocycles. The van der Waals surface area contributed by atoms with Gasteiger partial charge >= 0.3 is 5.97 Å². The van der Waals surface area contributed by atoms with Crippen molar-refractivity contribution in [2.24, 2.45) is 0 Å². The number of hydrogen-bond acceptors (Lipinski definition) is 6. The van der Waals surface area contributed by atoms with Crippen LogP contribution in [0.3, 0.4) is 0 Å². The molecular formula is C23H20N4O4S. The largest absolute Gasteiger partial charge is 0.451 e. The van der Waals surface area contributed by atoms with E-state index in [9.17, 15) is 14.4 Å². The summed E-state index contributed by atoms with van der Waals surface area (Å²) in [6.45, 7) is 2.89. The van der Waals surface area contributed by atoms with Gasteiger partial charge in [-0.3, -0.25) is 9.59 Å². The van der Waals surface area contributed by atoms with Crippen LogP contribution in [0.1, 0.15) is 22.3 Å². The molecule has 0 fully saturated rings. The molecule has 0 bridgehead atoms. The first-order valence-corrected chi connectivity index (χ1v) is 10.6. The van der Waals surface area contributed by atoms with Crippen LogP contribution in [0.15, 0.2) is 60.7 Å². The second kappa shape index (κ2) is 9.03. The highest BCUT2D eigenvalue weighted by molar-refractivity contribution is 7.20. The van der Waals surface area contributed by atoms with Gasteiger partial charge in [0.05, 0.1) is 11.4 Å². The number of esters is 1. The van der Waals surface area contributed by atoms with Gasteiger partial charge in [0.2, 0.25) is 5.91 Å². The van der Waals surface area contributed by atoms with Crippen LogP contribution in [0.2, 0.25) is 0 Å². The molecule has 0 radical (unpaired) electrons. The minimum atomic E-state index is -0.568. The zero-order valence-electron chi connectivity index (χ0n) is 17.4. The molecule has 4 rings (SSSR count). The summed E-state index contributed by atoms with van der Waals surface area (Å²) in [6.07, 6.45) is 0. The van der Waals surface area contributed by atoms with Crippen LogP contribution in [0.4, 0.5) is 11.4 Å². The average Bonchev–Trinajstić information content (AvgIpc) is 3.34. The fourth-order valence-electron chi connectivity index (χ4n) is 3.13. The summed E-state index contributed by atoms with van der Waals surface area (Å²) in [5.74, 6) is -1.21. The standard InChI is InChI=1S/C23H20N4O4S/c1-14-19-12-20(32-22(19)27(26-14)18-6-4-3-5-7-18)23(30)31-13-21(29)25-17-10-8-16(9-11-17)24-15(2)28/h3-12H,13H2,1-2H3,(H,24,28)(H,25,29). The van der Waals surface area contributed by atoms with Gasteiger partial charge in [-0.1, -0.05) is 18.2 Å². The fourth-order valence-corrected chi connectivity index (χ4v) is 4.21. The van der Waals surface area contributed by atoms with Gasteiger partial charge < -0.3 is 15.4 Å². The lowest BCUT2D eigenvalue weighted by molar-refractivity contribution is -0.119. The van der Waals surface area contributed by atoms with Crippen molar-refractivity contribution in [3.05, 3.63) is 71.2 Å². The molecule has 2 amide bonds. The number of nitrogens with one attached hydrogen (secondary N) is 2. The zero-order valence-corrected chi connectivity index (χ0v) is 18.2. The van der Waals surface area contributed by atoms with Crippen molar-refractivity contribution in [1.82, 2.24) is 9.78 Å². The van der Waals surface area contributed by atoms with Crippen molar-refractivity contribution in [2.75, 3.05) is 17.2 Å². The van der Waals surface area contributed by atoms with Crippen molar-refractivity contribution in [2.45, 2.75) is 13.8 Å². The van der Waals surface area contributed by atoms with E-state index in [1.807, 2.05) is 37.3 Å². The van der Waals surface area contributed by atoms with E-state index >= 15 is 0 Å². The summed E-state index contributed by atoms with van der Waals surface area (Å²) >= 11 is 1.27. The van der Waals surface area contributed by atoms with E-state index in [1.165, 1.54) is 18.3 Å². The van der Waals surface area contributed by atoms with Crippen molar-refractivity contribution < 1.29 is 19.1 Å². The lowest BCUT2D eigenvalue weighted by Crippen LogP contribution is -2.20. The molecular weight excluding hydrogens is 428 g/mol. The van der Waals surface area contributed by atoms with Crippen molar-refractivity contribution in [3.63, 3.8) is 0 Å². The topological polar surface area (TPSA) is 102 Å². The van der Waals surface area contributed by atoms with Crippen LogP contribution in [0, 0.1) is 6.92 Å². The Labute approximate surface area is 187 Å². The number of ether oxygens (including phenoxy) is 1. The summed E-state index contributed by atoms with van der Waals surface area (Å²) in [7, 11) is 0. The van der Waals surface area contributed by atoms with Gasteiger partial charge in [0.25, 0.3) is 5.91 Å². The summed E-state index contributed by atoms with van der Waals surface area (Å²) in [4.78, 5) is 37.0. The predicted octanol–water partition coefficient (Wildman–Crippen LogP) is 4.15.